The number of hydrogen-bond acceptors (Lipinski definition) is 4. The Bertz CT molecular complexity index is 972. The van der Waals surface area contributed by atoms with Crippen molar-refractivity contribution >= 4 is 18.0 Å². The van der Waals surface area contributed by atoms with Crippen LogP contribution in [0.25, 0.3) is 11.1 Å². The topological polar surface area (TPSA) is 105 Å². The predicted molar refractivity (Wildman–Crippen MR) is 126 cm³/mol. The maximum atomic E-state index is 12.5. The second-order valence-electron chi connectivity index (χ2n) is 9.29. The lowest BCUT2D eigenvalue weighted by Crippen LogP contribution is -2.41. The molecule has 1 atom stereocenters. The zero-order valence-corrected chi connectivity index (χ0v) is 19.4. The standard InChI is InChI=1S/C26H32N2O5/c1-4-17(13-23(29)27-16-26(2,3)14-24(30)31)28-25(32)33-15-22-20-11-7-5-9-18(20)19-10-6-8-12-21(19)22/h5-12,17,22H,4,13-16H2,1-3H3,(H,27,29)(H,28,32)(H,30,31)/t17-/m0/s1. The molecule has 2 aromatic rings. The van der Waals surface area contributed by atoms with E-state index in [4.69, 9.17) is 9.84 Å². The lowest BCUT2D eigenvalue weighted by atomic mass is 9.89. The molecule has 3 rings (SSSR count). The predicted octanol–water partition coefficient (Wildman–Crippen LogP) is 4.31. The largest absolute Gasteiger partial charge is 0.481 e. The Balaban J connectivity index is 1.52. The van der Waals surface area contributed by atoms with Gasteiger partial charge in [-0.3, -0.25) is 9.59 Å². The number of rotatable bonds is 10. The van der Waals surface area contributed by atoms with Gasteiger partial charge >= 0.3 is 12.1 Å². The molecule has 0 aliphatic heterocycles. The molecule has 7 heteroatoms. The van der Waals surface area contributed by atoms with Crippen LogP contribution in [-0.4, -0.2) is 42.3 Å². The fraction of sp³-hybridized carbons (Fsp3) is 0.423. The van der Waals surface area contributed by atoms with Crippen molar-refractivity contribution in [3.8, 4) is 11.1 Å². The van der Waals surface area contributed by atoms with Crippen molar-refractivity contribution in [1.29, 1.82) is 0 Å². The Morgan fingerprint density at radius 2 is 1.61 bits per heavy atom. The number of carbonyl (C=O) groups is 3. The summed E-state index contributed by atoms with van der Waals surface area (Å²) in [6.07, 6.45) is 0.0744. The Morgan fingerprint density at radius 3 is 2.15 bits per heavy atom. The van der Waals surface area contributed by atoms with Gasteiger partial charge in [0, 0.05) is 24.9 Å². The van der Waals surface area contributed by atoms with Gasteiger partial charge in [-0.1, -0.05) is 69.3 Å². The van der Waals surface area contributed by atoms with Crippen LogP contribution in [0, 0.1) is 5.41 Å². The Morgan fingerprint density at radius 1 is 1.03 bits per heavy atom. The monoisotopic (exact) mass is 452 g/mol. The number of aliphatic carboxylic acids is 1. The molecule has 2 aromatic carbocycles. The summed E-state index contributed by atoms with van der Waals surface area (Å²) >= 11 is 0. The molecular formula is C26H32N2O5. The second-order valence-corrected chi connectivity index (χ2v) is 9.29. The van der Waals surface area contributed by atoms with E-state index in [2.05, 4.69) is 34.9 Å². The van der Waals surface area contributed by atoms with Gasteiger partial charge in [-0.25, -0.2) is 4.79 Å². The first-order chi connectivity index (χ1) is 15.7. The summed E-state index contributed by atoms with van der Waals surface area (Å²) in [7, 11) is 0. The van der Waals surface area contributed by atoms with E-state index in [1.54, 1.807) is 13.8 Å². The molecule has 0 aromatic heterocycles. The molecule has 0 saturated heterocycles. The molecule has 33 heavy (non-hydrogen) atoms. The van der Waals surface area contributed by atoms with Crippen molar-refractivity contribution in [3.05, 3.63) is 59.7 Å². The normalized spacial score (nSPS) is 13.5. The lowest BCUT2D eigenvalue weighted by molar-refractivity contribution is -0.139. The summed E-state index contributed by atoms with van der Waals surface area (Å²) in [6, 6.07) is 15.9. The van der Waals surface area contributed by atoms with Crippen LogP contribution >= 0.6 is 0 Å². The molecule has 7 nitrogen and oxygen atoms in total. The van der Waals surface area contributed by atoms with E-state index in [0.717, 1.165) is 22.3 Å². The highest BCUT2D eigenvalue weighted by molar-refractivity contribution is 5.79. The summed E-state index contributed by atoms with van der Waals surface area (Å²) in [4.78, 5) is 35.7. The number of ether oxygens (including phenoxy) is 1. The van der Waals surface area contributed by atoms with Crippen LogP contribution in [0.2, 0.25) is 0 Å². The molecule has 1 aliphatic rings. The first-order valence-corrected chi connectivity index (χ1v) is 11.3. The van der Waals surface area contributed by atoms with E-state index in [9.17, 15) is 14.4 Å². The third-order valence-corrected chi connectivity index (χ3v) is 5.98. The van der Waals surface area contributed by atoms with Crippen LogP contribution in [-0.2, 0) is 14.3 Å². The van der Waals surface area contributed by atoms with Gasteiger partial charge in [-0.05, 0) is 34.1 Å². The van der Waals surface area contributed by atoms with Gasteiger partial charge in [0.1, 0.15) is 6.61 Å². The maximum absolute atomic E-state index is 12.5. The van der Waals surface area contributed by atoms with Crippen LogP contribution in [0.4, 0.5) is 4.79 Å². The van der Waals surface area contributed by atoms with Crippen molar-refractivity contribution < 1.29 is 24.2 Å². The van der Waals surface area contributed by atoms with Crippen molar-refractivity contribution in [2.24, 2.45) is 5.41 Å². The molecule has 0 unspecified atom stereocenters. The average Bonchev–Trinajstić information content (AvgIpc) is 3.09. The lowest BCUT2D eigenvalue weighted by Gasteiger charge is -2.24. The van der Waals surface area contributed by atoms with Gasteiger partial charge < -0.3 is 20.5 Å². The van der Waals surface area contributed by atoms with Gasteiger partial charge in [-0.2, -0.15) is 0 Å². The smallest absolute Gasteiger partial charge is 0.407 e. The highest BCUT2D eigenvalue weighted by Crippen LogP contribution is 2.44. The van der Waals surface area contributed by atoms with Crippen LogP contribution in [0.3, 0.4) is 0 Å². The number of carbonyl (C=O) groups excluding carboxylic acids is 2. The zero-order chi connectivity index (χ0) is 24.0. The highest BCUT2D eigenvalue weighted by Gasteiger charge is 2.29. The van der Waals surface area contributed by atoms with Crippen LogP contribution in [0.5, 0.6) is 0 Å². The second kappa shape index (κ2) is 10.5. The molecular weight excluding hydrogens is 420 g/mol. The van der Waals surface area contributed by atoms with E-state index in [-0.39, 0.29) is 43.9 Å². The van der Waals surface area contributed by atoms with E-state index in [1.165, 1.54) is 0 Å². The van der Waals surface area contributed by atoms with Gasteiger partial charge in [0.15, 0.2) is 0 Å². The number of carboxylic acid groups (broad SMARTS) is 1. The number of nitrogens with one attached hydrogen (secondary N) is 2. The molecule has 0 heterocycles. The fourth-order valence-corrected chi connectivity index (χ4v) is 4.21. The van der Waals surface area contributed by atoms with E-state index >= 15 is 0 Å². The van der Waals surface area contributed by atoms with E-state index < -0.39 is 17.5 Å². The quantitative estimate of drug-likeness (QED) is 0.498. The van der Waals surface area contributed by atoms with Crippen molar-refractivity contribution in [2.45, 2.75) is 52.0 Å². The minimum atomic E-state index is -0.905. The van der Waals surface area contributed by atoms with Crippen LogP contribution in [0.15, 0.2) is 48.5 Å². The fourth-order valence-electron chi connectivity index (χ4n) is 4.21. The van der Waals surface area contributed by atoms with E-state index in [1.807, 2.05) is 31.2 Å². The molecule has 1 aliphatic carbocycles. The summed E-state index contributed by atoms with van der Waals surface area (Å²) < 4.78 is 5.56. The van der Waals surface area contributed by atoms with Gasteiger partial charge in [0.25, 0.3) is 0 Å². The summed E-state index contributed by atoms with van der Waals surface area (Å²) in [5.74, 6) is -1.17. The molecule has 0 fully saturated rings. The molecule has 0 spiro atoms. The minimum Gasteiger partial charge on any atom is -0.481 e. The van der Waals surface area contributed by atoms with E-state index in [0.29, 0.717) is 6.42 Å². The SMILES string of the molecule is CC[C@@H](CC(=O)NCC(C)(C)CC(=O)O)NC(=O)OCC1c2ccccc2-c2ccccc21. The molecule has 0 saturated carbocycles. The maximum Gasteiger partial charge on any atom is 0.407 e. The minimum absolute atomic E-state index is 0.0250. The molecule has 0 radical (unpaired) electrons. The highest BCUT2D eigenvalue weighted by atomic mass is 16.5. The third-order valence-electron chi connectivity index (χ3n) is 5.98. The number of benzene rings is 2. The Hall–Kier alpha value is -3.35. The average molecular weight is 453 g/mol. The molecule has 2 amide bonds. The summed E-state index contributed by atoms with van der Waals surface area (Å²) in [5, 5.41) is 14.5. The zero-order valence-electron chi connectivity index (χ0n) is 19.4. The van der Waals surface area contributed by atoms with Gasteiger partial charge in [0.2, 0.25) is 5.91 Å². The Kier molecular flexibility index (Phi) is 7.74. The molecule has 3 N–H and O–H groups in total. The van der Waals surface area contributed by atoms with Crippen molar-refractivity contribution in [3.63, 3.8) is 0 Å². The Labute approximate surface area is 194 Å². The first-order valence-electron chi connectivity index (χ1n) is 11.3. The number of fused-ring (bicyclic) bond motifs is 3. The van der Waals surface area contributed by atoms with Crippen molar-refractivity contribution in [2.75, 3.05) is 13.2 Å². The summed E-state index contributed by atoms with van der Waals surface area (Å²) in [6.45, 7) is 5.92. The number of carboxylic acids is 1. The number of hydrogen-bond donors (Lipinski definition) is 3. The van der Waals surface area contributed by atoms with Crippen LogP contribution in [0.1, 0.15) is 57.1 Å². The first kappa shape index (κ1) is 24.3. The van der Waals surface area contributed by atoms with Crippen LogP contribution < -0.4 is 10.6 Å². The van der Waals surface area contributed by atoms with Gasteiger partial charge in [0.05, 0.1) is 6.42 Å². The van der Waals surface area contributed by atoms with Crippen molar-refractivity contribution in [1.82, 2.24) is 10.6 Å². The third kappa shape index (κ3) is 6.34. The van der Waals surface area contributed by atoms with Gasteiger partial charge in [-0.15, -0.1) is 0 Å². The summed E-state index contributed by atoms with van der Waals surface area (Å²) in [5.41, 5.74) is 4.06. The number of alkyl carbamates (subject to hydrolysis) is 1. The molecule has 0 bridgehead atoms. The number of amides is 2. The molecule has 176 valence electrons.